The van der Waals surface area contributed by atoms with Gasteiger partial charge in [-0.05, 0) is 66.9 Å². The van der Waals surface area contributed by atoms with Crippen molar-refractivity contribution in [1.82, 2.24) is 4.90 Å². The monoisotopic (exact) mass is 475 g/mol. The van der Waals surface area contributed by atoms with Crippen molar-refractivity contribution in [3.63, 3.8) is 0 Å². The summed E-state index contributed by atoms with van der Waals surface area (Å²) >= 11 is 6.82. The van der Waals surface area contributed by atoms with Gasteiger partial charge >= 0.3 is 0 Å². The number of alkyl halides is 1. The Morgan fingerprint density at radius 3 is 1.85 bits per heavy atom. The Morgan fingerprint density at radius 2 is 1.35 bits per heavy atom. The quantitative estimate of drug-likeness (QED) is 0.194. The molecule has 0 aromatic heterocycles. The van der Waals surface area contributed by atoms with Gasteiger partial charge in [0.1, 0.15) is 12.4 Å². The van der Waals surface area contributed by atoms with Crippen LogP contribution in [-0.4, -0.2) is 38.0 Å². The Hall–Kier alpha value is -2.55. The number of halogens is 1. The van der Waals surface area contributed by atoms with E-state index in [-0.39, 0.29) is 5.41 Å². The lowest BCUT2D eigenvalue weighted by atomic mass is 9.69. The molecule has 0 heterocycles. The van der Waals surface area contributed by atoms with E-state index < -0.39 is 0 Å². The molecule has 3 aromatic carbocycles. The van der Waals surface area contributed by atoms with Crippen molar-refractivity contribution in [3.8, 4) is 5.75 Å². The van der Waals surface area contributed by atoms with Gasteiger partial charge in [-0.25, -0.2) is 0 Å². The van der Waals surface area contributed by atoms with Gasteiger partial charge in [-0.15, -0.1) is 11.6 Å². The Labute approximate surface area is 211 Å². The molecule has 0 bridgehead atoms. The molecule has 0 radical (unpaired) electrons. The van der Waals surface area contributed by atoms with E-state index in [2.05, 4.69) is 118 Å². The second-order valence-electron chi connectivity index (χ2n) is 9.18. The summed E-state index contributed by atoms with van der Waals surface area (Å²) in [6, 6.07) is 30.1. The van der Waals surface area contributed by atoms with Gasteiger partial charge in [0.15, 0.2) is 0 Å². The minimum atomic E-state index is -0.121. The van der Waals surface area contributed by atoms with Crippen molar-refractivity contribution >= 4 is 22.7 Å². The molecule has 0 N–H and O–H groups in total. The molecule has 0 fully saturated rings. The summed E-state index contributed by atoms with van der Waals surface area (Å²) < 4.78 is 5.97. The average Bonchev–Trinajstić information content (AvgIpc) is 2.87. The van der Waals surface area contributed by atoms with Gasteiger partial charge in [0.2, 0.25) is 0 Å². The summed E-state index contributed by atoms with van der Waals surface area (Å²) in [6.45, 7) is 6.08. The van der Waals surface area contributed by atoms with Gasteiger partial charge in [-0.2, -0.15) is 0 Å². The zero-order chi connectivity index (χ0) is 24.4. The molecule has 0 aliphatic carbocycles. The van der Waals surface area contributed by atoms with Crippen LogP contribution in [0, 0.1) is 5.41 Å². The first kappa shape index (κ1) is 26.1. The van der Waals surface area contributed by atoms with Crippen LogP contribution in [0.3, 0.4) is 0 Å². The van der Waals surface area contributed by atoms with E-state index in [1.807, 2.05) is 0 Å². The number of nitrogens with zero attached hydrogens (tertiary/aromatic N) is 1. The molecule has 0 amide bonds. The highest BCUT2D eigenvalue weighted by molar-refractivity contribution is 6.19. The molecular formula is C31H38ClNO. The summed E-state index contributed by atoms with van der Waals surface area (Å²) in [5, 5.41) is 0. The third-order valence-electron chi connectivity index (χ3n) is 6.52. The largest absolute Gasteiger partial charge is 0.492 e. The lowest BCUT2D eigenvalue weighted by molar-refractivity contribution is 0.261. The predicted octanol–water partition coefficient (Wildman–Crippen LogP) is 8.02. The highest BCUT2D eigenvalue weighted by atomic mass is 35.5. The van der Waals surface area contributed by atoms with Crippen molar-refractivity contribution in [2.45, 2.75) is 33.1 Å². The normalized spacial score (nSPS) is 13.9. The molecule has 0 aliphatic heterocycles. The third kappa shape index (κ3) is 6.31. The van der Waals surface area contributed by atoms with Gasteiger partial charge in [-0.3, -0.25) is 0 Å². The SMILES string of the molecule is CCCC(CC)(CCl)/C(=C(/c1ccccc1)c1ccc(OCCN(C)C)cc1)c1ccccc1. The predicted molar refractivity (Wildman–Crippen MR) is 148 cm³/mol. The van der Waals surface area contributed by atoms with Crippen LogP contribution in [0.1, 0.15) is 49.8 Å². The highest BCUT2D eigenvalue weighted by Crippen LogP contribution is 2.49. The second-order valence-corrected chi connectivity index (χ2v) is 9.44. The lowest BCUT2D eigenvalue weighted by Gasteiger charge is -2.36. The molecule has 3 aromatic rings. The summed E-state index contributed by atoms with van der Waals surface area (Å²) in [5.41, 5.74) is 6.10. The number of allylic oxidation sites excluding steroid dienone is 1. The van der Waals surface area contributed by atoms with Crippen LogP contribution in [0.4, 0.5) is 0 Å². The van der Waals surface area contributed by atoms with Crippen LogP contribution in [0.5, 0.6) is 5.75 Å². The number of rotatable bonds is 12. The fourth-order valence-electron chi connectivity index (χ4n) is 4.63. The van der Waals surface area contributed by atoms with Crippen LogP contribution in [-0.2, 0) is 0 Å². The van der Waals surface area contributed by atoms with Crippen molar-refractivity contribution in [1.29, 1.82) is 0 Å². The lowest BCUT2D eigenvalue weighted by Crippen LogP contribution is -2.25. The molecule has 0 aliphatic rings. The number of benzene rings is 3. The van der Waals surface area contributed by atoms with Gasteiger partial charge in [0, 0.05) is 17.8 Å². The Kier molecular flexibility index (Phi) is 9.80. The van der Waals surface area contributed by atoms with Crippen LogP contribution in [0.25, 0.3) is 11.1 Å². The van der Waals surface area contributed by atoms with E-state index in [4.69, 9.17) is 16.3 Å². The molecule has 3 heteroatoms. The third-order valence-corrected chi connectivity index (χ3v) is 7.03. The molecule has 0 spiro atoms. The number of hydrogen-bond acceptors (Lipinski definition) is 2. The van der Waals surface area contributed by atoms with E-state index in [9.17, 15) is 0 Å². The first-order chi connectivity index (χ1) is 16.5. The Balaban J connectivity index is 2.23. The average molecular weight is 476 g/mol. The molecule has 34 heavy (non-hydrogen) atoms. The summed E-state index contributed by atoms with van der Waals surface area (Å²) in [4.78, 5) is 2.13. The standard InChI is InChI=1S/C31H38ClNO/c1-5-21-31(6-2,24-32)30(27-15-11-8-12-16-27)29(25-13-9-7-10-14-25)26-17-19-28(20-18-26)34-23-22-33(3)4/h7-20H,5-6,21-24H2,1-4H3/b30-29-. The maximum atomic E-state index is 6.82. The van der Waals surface area contributed by atoms with Crippen LogP contribution >= 0.6 is 11.6 Å². The molecule has 1 atom stereocenters. The maximum absolute atomic E-state index is 6.82. The second kappa shape index (κ2) is 12.8. The Bertz CT molecular complexity index is 1020. The molecule has 0 saturated carbocycles. The smallest absolute Gasteiger partial charge is 0.119 e. The fraction of sp³-hybridized carbons (Fsp3) is 0.355. The van der Waals surface area contributed by atoms with Gasteiger partial charge in [0.05, 0.1) is 0 Å². The summed E-state index contributed by atoms with van der Waals surface area (Å²) in [7, 11) is 4.11. The van der Waals surface area contributed by atoms with Gasteiger partial charge in [-0.1, -0.05) is 93.1 Å². The Morgan fingerprint density at radius 1 is 0.794 bits per heavy atom. The number of ether oxygens (including phenoxy) is 1. The highest BCUT2D eigenvalue weighted by Gasteiger charge is 2.34. The van der Waals surface area contributed by atoms with Crippen LogP contribution in [0.15, 0.2) is 84.9 Å². The van der Waals surface area contributed by atoms with E-state index in [0.29, 0.717) is 12.5 Å². The van der Waals surface area contributed by atoms with E-state index >= 15 is 0 Å². The summed E-state index contributed by atoms with van der Waals surface area (Å²) in [5.74, 6) is 1.48. The van der Waals surface area contributed by atoms with Crippen molar-refractivity contribution in [2.24, 2.45) is 5.41 Å². The minimum Gasteiger partial charge on any atom is -0.492 e. The van der Waals surface area contributed by atoms with Crippen molar-refractivity contribution in [3.05, 3.63) is 102 Å². The van der Waals surface area contributed by atoms with Crippen LogP contribution in [0.2, 0.25) is 0 Å². The molecule has 180 valence electrons. The van der Waals surface area contributed by atoms with E-state index in [1.54, 1.807) is 0 Å². The fourth-order valence-corrected chi connectivity index (χ4v) is 5.09. The molecule has 2 nitrogen and oxygen atoms in total. The van der Waals surface area contributed by atoms with Gasteiger partial charge < -0.3 is 9.64 Å². The zero-order valence-corrected chi connectivity index (χ0v) is 21.8. The van der Waals surface area contributed by atoms with Gasteiger partial charge in [0.25, 0.3) is 0 Å². The molecule has 1 unspecified atom stereocenters. The maximum Gasteiger partial charge on any atom is 0.119 e. The van der Waals surface area contributed by atoms with E-state index in [0.717, 1.165) is 31.6 Å². The minimum absolute atomic E-state index is 0.121. The number of hydrogen-bond donors (Lipinski definition) is 0. The van der Waals surface area contributed by atoms with Crippen molar-refractivity contribution < 1.29 is 4.74 Å². The summed E-state index contributed by atoms with van der Waals surface area (Å²) in [6.07, 6.45) is 3.10. The van der Waals surface area contributed by atoms with Crippen LogP contribution < -0.4 is 4.74 Å². The zero-order valence-electron chi connectivity index (χ0n) is 21.1. The first-order valence-corrected chi connectivity index (χ1v) is 12.9. The topological polar surface area (TPSA) is 12.5 Å². The molecular weight excluding hydrogens is 438 g/mol. The molecule has 3 rings (SSSR count). The van der Waals surface area contributed by atoms with Crippen molar-refractivity contribution in [2.75, 3.05) is 33.1 Å². The molecule has 0 saturated heterocycles. The van der Waals surface area contributed by atoms with E-state index in [1.165, 1.54) is 27.8 Å². The number of likely N-dealkylation sites (N-methyl/N-ethyl adjacent to an activating group) is 1. The first-order valence-electron chi connectivity index (χ1n) is 12.3.